The van der Waals surface area contributed by atoms with Crippen LogP contribution in [0.15, 0.2) is 18.2 Å². The predicted molar refractivity (Wildman–Crippen MR) is 81.4 cm³/mol. The maximum absolute atomic E-state index is 11.9. The average molecular weight is 314 g/mol. The van der Waals surface area contributed by atoms with Crippen molar-refractivity contribution < 1.29 is 9.72 Å². The second kappa shape index (κ2) is 6.51. The molecule has 1 aromatic heterocycles. The van der Waals surface area contributed by atoms with Crippen LogP contribution in [-0.4, -0.2) is 27.1 Å². The van der Waals surface area contributed by atoms with Gasteiger partial charge in [0.05, 0.1) is 21.9 Å². The molecule has 0 unspecified atom stereocenters. The molecule has 1 atom stereocenters. The highest BCUT2D eigenvalue weighted by Gasteiger charge is 2.20. The van der Waals surface area contributed by atoms with Crippen LogP contribution in [0.1, 0.15) is 13.8 Å². The van der Waals surface area contributed by atoms with E-state index >= 15 is 0 Å². The van der Waals surface area contributed by atoms with Crippen LogP contribution in [0.2, 0.25) is 0 Å². The molecule has 1 amide bonds. The predicted octanol–water partition coefficient (Wildman–Crippen LogP) is 1.81. The summed E-state index contributed by atoms with van der Waals surface area (Å²) in [6, 6.07) is 3.60. The molecular weight excluding hydrogens is 298 g/mol. The Morgan fingerprint density at radius 3 is 2.71 bits per heavy atom. The summed E-state index contributed by atoms with van der Waals surface area (Å²) in [6.45, 7) is 3.66. The van der Waals surface area contributed by atoms with E-state index in [-0.39, 0.29) is 35.7 Å². The van der Waals surface area contributed by atoms with Crippen LogP contribution in [0.4, 0.5) is 11.5 Å². The number of nitrogens with zero attached hydrogens (tertiary/aromatic N) is 2. The molecule has 0 fully saturated rings. The zero-order valence-corrected chi connectivity index (χ0v) is 12.3. The SMILES string of the molecule is CC(C)[C@H](N)C(=O)Nc1n[nH]c2ccc([N+](=O)[O-])cc12.Cl. The number of carbonyl (C=O) groups excluding carboxylic acids is 1. The number of benzene rings is 1. The fourth-order valence-electron chi connectivity index (χ4n) is 1.71. The fraction of sp³-hybridized carbons (Fsp3) is 0.333. The summed E-state index contributed by atoms with van der Waals surface area (Å²) in [4.78, 5) is 22.2. The lowest BCUT2D eigenvalue weighted by atomic mass is 10.1. The van der Waals surface area contributed by atoms with Gasteiger partial charge in [0.15, 0.2) is 5.82 Å². The van der Waals surface area contributed by atoms with E-state index in [1.165, 1.54) is 12.1 Å². The molecule has 0 aliphatic rings. The number of hydrogen-bond donors (Lipinski definition) is 3. The number of hydrogen-bond acceptors (Lipinski definition) is 5. The number of nitrogens with two attached hydrogens (primary N) is 1. The molecule has 0 saturated heterocycles. The van der Waals surface area contributed by atoms with E-state index < -0.39 is 11.0 Å². The van der Waals surface area contributed by atoms with Crippen LogP contribution in [0.3, 0.4) is 0 Å². The second-order valence-electron chi connectivity index (χ2n) is 4.82. The van der Waals surface area contributed by atoms with Gasteiger partial charge in [-0.1, -0.05) is 13.8 Å². The van der Waals surface area contributed by atoms with Crippen LogP contribution in [0.25, 0.3) is 10.9 Å². The van der Waals surface area contributed by atoms with Crippen LogP contribution in [0.5, 0.6) is 0 Å². The van der Waals surface area contributed by atoms with Crippen molar-refractivity contribution in [2.24, 2.45) is 11.7 Å². The highest BCUT2D eigenvalue weighted by Crippen LogP contribution is 2.25. The minimum Gasteiger partial charge on any atom is -0.320 e. The van der Waals surface area contributed by atoms with Gasteiger partial charge in [0.1, 0.15) is 0 Å². The van der Waals surface area contributed by atoms with Gasteiger partial charge in [0, 0.05) is 12.1 Å². The number of amides is 1. The number of nitro groups is 1. The fourth-order valence-corrected chi connectivity index (χ4v) is 1.71. The number of halogens is 1. The van der Waals surface area contributed by atoms with Gasteiger partial charge in [-0.05, 0) is 12.0 Å². The largest absolute Gasteiger partial charge is 0.320 e. The summed E-state index contributed by atoms with van der Waals surface area (Å²) < 4.78 is 0. The lowest BCUT2D eigenvalue weighted by Gasteiger charge is -2.14. The van der Waals surface area contributed by atoms with Gasteiger partial charge >= 0.3 is 0 Å². The zero-order chi connectivity index (χ0) is 14.9. The molecule has 0 aliphatic carbocycles. The van der Waals surface area contributed by atoms with Crippen LogP contribution in [-0.2, 0) is 4.79 Å². The third-order valence-electron chi connectivity index (χ3n) is 3.02. The molecule has 4 N–H and O–H groups in total. The van der Waals surface area contributed by atoms with E-state index in [1.54, 1.807) is 6.07 Å². The minimum atomic E-state index is -0.666. The topological polar surface area (TPSA) is 127 Å². The van der Waals surface area contributed by atoms with Gasteiger partial charge in [0.2, 0.25) is 5.91 Å². The van der Waals surface area contributed by atoms with Crippen LogP contribution in [0, 0.1) is 16.0 Å². The lowest BCUT2D eigenvalue weighted by molar-refractivity contribution is -0.384. The molecule has 1 heterocycles. The summed E-state index contributed by atoms with van der Waals surface area (Å²) in [5.41, 5.74) is 6.27. The van der Waals surface area contributed by atoms with Gasteiger partial charge in [-0.2, -0.15) is 5.10 Å². The Morgan fingerprint density at radius 2 is 2.14 bits per heavy atom. The number of rotatable bonds is 4. The van der Waals surface area contributed by atoms with Crippen molar-refractivity contribution in [1.29, 1.82) is 0 Å². The Bertz CT molecular complexity index is 670. The van der Waals surface area contributed by atoms with Crippen molar-refractivity contribution in [3.8, 4) is 0 Å². The van der Waals surface area contributed by atoms with E-state index in [0.717, 1.165) is 0 Å². The Morgan fingerprint density at radius 1 is 1.48 bits per heavy atom. The van der Waals surface area contributed by atoms with Gasteiger partial charge < -0.3 is 11.1 Å². The molecule has 0 spiro atoms. The van der Waals surface area contributed by atoms with Gasteiger partial charge in [-0.15, -0.1) is 12.4 Å². The highest BCUT2D eigenvalue weighted by atomic mass is 35.5. The Balaban J connectivity index is 0.00000220. The number of aromatic amines is 1. The second-order valence-corrected chi connectivity index (χ2v) is 4.82. The molecule has 0 radical (unpaired) electrons. The number of aromatic nitrogens is 2. The maximum Gasteiger partial charge on any atom is 0.270 e. The quantitative estimate of drug-likeness (QED) is 0.586. The standard InChI is InChI=1S/C12H15N5O3.ClH/c1-6(2)10(13)12(18)14-11-8-5-7(17(19)20)3-4-9(8)15-16-11;/h3-6,10H,13H2,1-2H3,(H2,14,15,16,18);1H/t10-;/m0./s1. The molecule has 2 rings (SSSR count). The third-order valence-corrected chi connectivity index (χ3v) is 3.02. The first kappa shape index (κ1) is 16.9. The first-order chi connectivity index (χ1) is 9.40. The summed E-state index contributed by atoms with van der Waals surface area (Å²) in [7, 11) is 0. The summed E-state index contributed by atoms with van der Waals surface area (Å²) in [5.74, 6) is -0.153. The summed E-state index contributed by atoms with van der Waals surface area (Å²) >= 11 is 0. The molecule has 8 nitrogen and oxygen atoms in total. The lowest BCUT2D eigenvalue weighted by Crippen LogP contribution is -2.39. The van der Waals surface area contributed by atoms with E-state index in [4.69, 9.17) is 5.73 Å². The average Bonchev–Trinajstić information content (AvgIpc) is 2.80. The van der Waals surface area contributed by atoms with Crippen molar-refractivity contribution >= 4 is 40.7 Å². The highest BCUT2D eigenvalue weighted by molar-refractivity contribution is 6.02. The number of fused-ring (bicyclic) bond motifs is 1. The Hall–Kier alpha value is -2.19. The van der Waals surface area contributed by atoms with E-state index in [1.807, 2.05) is 13.8 Å². The number of carbonyl (C=O) groups is 1. The maximum atomic E-state index is 11.9. The summed E-state index contributed by atoms with van der Waals surface area (Å²) in [5, 5.41) is 20.5. The molecule has 1 aromatic carbocycles. The van der Waals surface area contributed by atoms with Gasteiger partial charge in [0.25, 0.3) is 5.69 Å². The van der Waals surface area contributed by atoms with Crippen molar-refractivity contribution in [3.05, 3.63) is 28.3 Å². The zero-order valence-electron chi connectivity index (χ0n) is 11.5. The van der Waals surface area contributed by atoms with Gasteiger partial charge in [-0.25, -0.2) is 0 Å². The molecule has 0 bridgehead atoms. The molecule has 114 valence electrons. The van der Waals surface area contributed by atoms with Crippen molar-refractivity contribution in [2.75, 3.05) is 5.32 Å². The number of non-ortho nitro benzene ring substituents is 1. The van der Waals surface area contributed by atoms with E-state index in [2.05, 4.69) is 15.5 Å². The first-order valence-electron chi connectivity index (χ1n) is 6.09. The molecular formula is C12H16ClN5O3. The first-order valence-corrected chi connectivity index (χ1v) is 6.09. The normalized spacial score (nSPS) is 12.0. The number of nitrogens with one attached hydrogen (secondary N) is 2. The van der Waals surface area contributed by atoms with E-state index in [9.17, 15) is 14.9 Å². The summed E-state index contributed by atoms with van der Waals surface area (Å²) in [6.07, 6.45) is 0. The number of nitro benzene ring substituents is 1. The van der Waals surface area contributed by atoms with Gasteiger partial charge in [-0.3, -0.25) is 20.0 Å². The monoisotopic (exact) mass is 313 g/mol. The minimum absolute atomic E-state index is 0. The molecule has 9 heteroatoms. The smallest absolute Gasteiger partial charge is 0.270 e. The number of anilines is 1. The molecule has 0 saturated carbocycles. The van der Waals surface area contributed by atoms with Crippen molar-refractivity contribution in [2.45, 2.75) is 19.9 Å². The molecule has 21 heavy (non-hydrogen) atoms. The van der Waals surface area contributed by atoms with E-state index in [0.29, 0.717) is 10.9 Å². The Kier molecular flexibility index (Phi) is 5.23. The number of H-pyrrole nitrogens is 1. The molecule has 2 aromatic rings. The third kappa shape index (κ3) is 3.47. The van der Waals surface area contributed by atoms with Crippen LogP contribution < -0.4 is 11.1 Å². The van der Waals surface area contributed by atoms with Crippen molar-refractivity contribution in [1.82, 2.24) is 10.2 Å². The van der Waals surface area contributed by atoms with Crippen LogP contribution >= 0.6 is 12.4 Å². The Labute approximate surface area is 126 Å². The van der Waals surface area contributed by atoms with Crippen molar-refractivity contribution in [3.63, 3.8) is 0 Å². The molecule has 0 aliphatic heterocycles.